The molecule has 0 radical (unpaired) electrons. The Bertz CT molecular complexity index is 952. The van der Waals surface area contributed by atoms with Crippen LogP contribution in [0.1, 0.15) is 30.0 Å². The Hall–Kier alpha value is -2.80. The zero-order valence-corrected chi connectivity index (χ0v) is 15.1. The number of carbonyl (C=O) groups is 1. The van der Waals surface area contributed by atoms with Crippen LogP contribution in [0.4, 0.5) is 0 Å². The summed E-state index contributed by atoms with van der Waals surface area (Å²) >= 11 is 0. The molecule has 2 atom stereocenters. The Morgan fingerprint density at radius 1 is 1.19 bits per heavy atom. The predicted octanol–water partition coefficient (Wildman–Crippen LogP) is 2.37. The van der Waals surface area contributed by atoms with E-state index in [0.29, 0.717) is 18.8 Å². The van der Waals surface area contributed by atoms with Gasteiger partial charge in [0.25, 0.3) is 5.91 Å². The molecular weight excluding hydrogens is 330 g/mol. The fourth-order valence-electron chi connectivity index (χ4n) is 3.54. The van der Waals surface area contributed by atoms with Crippen LogP contribution < -0.4 is 0 Å². The molecule has 0 aliphatic carbocycles. The Balaban J connectivity index is 1.71. The molecule has 1 aromatic carbocycles. The average Bonchev–Trinajstić information content (AvgIpc) is 3.01. The van der Waals surface area contributed by atoms with Crippen LogP contribution in [-0.4, -0.2) is 56.1 Å². The second-order valence-electron chi connectivity index (χ2n) is 6.78. The molecule has 1 amide bonds. The molecule has 1 fully saturated rings. The Kier molecular flexibility index (Phi) is 4.16. The summed E-state index contributed by atoms with van der Waals surface area (Å²) in [6.07, 6.45) is 3.60. The van der Waals surface area contributed by atoms with E-state index in [9.17, 15) is 4.79 Å². The topological polar surface area (TPSA) is 73.1 Å². The van der Waals surface area contributed by atoms with Crippen molar-refractivity contribution in [2.24, 2.45) is 0 Å². The largest absolute Gasteiger partial charge is 0.372 e. The first-order chi connectivity index (χ1) is 12.5. The zero-order chi connectivity index (χ0) is 18.3. The first kappa shape index (κ1) is 16.7. The summed E-state index contributed by atoms with van der Waals surface area (Å²) < 4.78 is 7.44. The van der Waals surface area contributed by atoms with E-state index in [0.717, 1.165) is 22.2 Å². The number of rotatable bonds is 2. The van der Waals surface area contributed by atoms with E-state index in [4.69, 9.17) is 4.74 Å². The Labute approximate surface area is 151 Å². The van der Waals surface area contributed by atoms with Gasteiger partial charge in [0.05, 0.1) is 23.6 Å². The number of nitrogens with zero attached hydrogens (tertiary/aromatic N) is 5. The Morgan fingerprint density at radius 2 is 1.96 bits per heavy atom. The van der Waals surface area contributed by atoms with Crippen LogP contribution in [0, 0.1) is 6.92 Å². The highest BCUT2D eigenvalue weighted by Gasteiger charge is 2.29. The molecule has 0 saturated carbocycles. The third-order valence-corrected chi connectivity index (χ3v) is 4.69. The van der Waals surface area contributed by atoms with Crippen LogP contribution >= 0.6 is 0 Å². The van der Waals surface area contributed by atoms with Gasteiger partial charge < -0.3 is 9.64 Å². The third kappa shape index (κ3) is 2.84. The van der Waals surface area contributed by atoms with Crippen LogP contribution in [0.5, 0.6) is 0 Å². The zero-order valence-electron chi connectivity index (χ0n) is 15.1. The van der Waals surface area contributed by atoms with Crippen molar-refractivity contribution in [3.8, 4) is 5.69 Å². The van der Waals surface area contributed by atoms with Crippen LogP contribution in [0.25, 0.3) is 16.5 Å². The SMILES string of the molecule is Cc1c(C(=O)N2CC(C)OC(C)C2)nnn1-c1cccc2cnccc12. The van der Waals surface area contributed by atoms with Gasteiger partial charge in [0.2, 0.25) is 0 Å². The predicted molar refractivity (Wildman–Crippen MR) is 97.3 cm³/mol. The molecule has 0 bridgehead atoms. The van der Waals surface area contributed by atoms with E-state index in [1.54, 1.807) is 15.8 Å². The number of benzene rings is 1. The van der Waals surface area contributed by atoms with E-state index in [1.807, 2.05) is 51.2 Å². The van der Waals surface area contributed by atoms with E-state index in [2.05, 4.69) is 15.3 Å². The van der Waals surface area contributed by atoms with Crippen LogP contribution in [0.2, 0.25) is 0 Å². The van der Waals surface area contributed by atoms with Crippen molar-refractivity contribution in [2.45, 2.75) is 33.0 Å². The molecule has 0 spiro atoms. The number of amides is 1. The molecule has 7 nitrogen and oxygen atoms in total. The van der Waals surface area contributed by atoms with Gasteiger partial charge >= 0.3 is 0 Å². The maximum atomic E-state index is 13.0. The fraction of sp³-hybridized carbons (Fsp3) is 0.368. The van der Waals surface area contributed by atoms with Crippen molar-refractivity contribution in [3.05, 3.63) is 48.0 Å². The second kappa shape index (κ2) is 6.49. The minimum atomic E-state index is -0.0994. The van der Waals surface area contributed by atoms with Crippen LogP contribution in [-0.2, 0) is 4.74 Å². The summed E-state index contributed by atoms with van der Waals surface area (Å²) in [5.41, 5.74) is 2.00. The fourth-order valence-corrected chi connectivity index (χ4v) is 3.54. The number of fused-ring (bicyclic) bond motifs is 1. The van der Waals surface area contributed by atoms with Crippen molar-refractivity contribution in [1.29, 1.82) is 0 Å². The van der Waals surface area contributed by atoms with Gasteiger partial charge in [0, 0.05) is 36.3 Å². The number of pyridine rings is 1. The smallest absolute Gasteiger partial charge is 0.276 e. The maximum Gasteiger partial charge on any atom is 0.276 e. The third-order valence-electron chi connectivity index (χ3n) is 4.69. The quantitative estimate of drug-likeness (QED) is 0.709. The first-order valence-corrected chi connectivity index (χ1v) is 8.74. The minimum Gasteiger partial charge on any atom is -0.372 e. The monoisotopic (exact) mass is 351 g/mol. The lowest BCUT2D eigenvalue weighted by Gasteiger charge is -2.34. The summed E-state index contributed by atoms with van der Waals surface area (Å²) in [5.74, 6) is -0.0994. The minimum absolute atomic E-state index is 0.0172. The van der Waals surface area contributed by atoms with Gasteiger partial charge in [-0.25, -0.2) is 4.68 Å². The van der Waals surface area contributed by atoms with Crippen molar-refractivity contribution < 1.29 is 9.53 Å². The highest BCUT2D eigenvalue weighted by molar-refractivity contribution is 5.94. The average molecular weight is 351 g/mol. The summed E-state index contributed by atoms with van der Waals surface area (Å²) in [5, 5.41) is 10.5. The van der Waals surface area contributed by atoms with Gasteiger partial charge in [-0.05, 0) is 32.9 Å². The first-order valence-electron chi connectivity index (χ1n) is 8.74. The van der Waals surface area contributed by atoms with Crippen LogP contribution in [0.15, 0.2) is 36.7 Å². The molecule has 26 heavy (non-hydrogen) atoms. The summed E-state index contributed by atoms with van der Waals surface area (Å²) in [7, 11) is 0. The van der Waals surface area contributed by atoms with Gasteiger partial charge in [0.1, 0.15) is 0 Å². The van der Waals surface area contributed by atoms with E-state index < -0.39 is 0 Å². The summed E-state index contributed by atoms with van der Waals surface area (Å²) in [6.45, 7) is 6.96. The lowest BCUT2D eigenvalue weighted by atomic mass is 10.1. The molecule has 3 aromatic rings. The number of morpholine rings is 1. The van der Waals surface area contributed by atoms with Gasteiger partial charge in [0.15, 0.2) is 5.69 Å². The molecule has 4 rings (SSSR count). The van der Waals surface area contributed by atoms with Crippen molar-refractivity contribution in [1.82, 2.24) is 24.9 Å². The molecule has 7 heteroatoms. The molecule has 3 heterocycles. The second-order valence-corrected chi connectivity index (χ2v) is 6.78. The maximum absolute atomic E-state index is 13.0. The number of aromatic nitrogens is 4. The van der Waals surface area contributed by atoms with Gasteiger partial charge in [-0.2, -0.15) is 0 Å². The van der Waals surface area contributed by atoms with Crippen LogP contribution in [0.3, 0.4) is 0 Å². The number of carbonyl (C=O) groups excluding carboxylic acids is 1. The highest BCUT2D eigenvalue weighted by atomic mass is 16.5. The number of hydrogen-bond donors (Lipinski definition) is 0. The lowest BCUT2D eigenvalue weighted by molar-refractivity contribution is -0.0587. The number of ether oxygens (including phenoxy) is 1. The summed E-state index contributed by atoms with van der Waals surface area (Å²) in [4.78, 5) is 18.9. The van der Waals surface area contributed by atoms with Gasteiger partial charge in [-0.15, -0.1) is 5.10 Å². The van der Waals surface area contributed by atoms with Gasteiger partial charge in [-0.1, -0.05) is 17.3 Å². The Morgan fingerprint density at radius 3 is 2.73 bits per heavy atom. The van der Waals surface area contributed by atoms with Crippen molar-refractivity contribution in [3.63, 3.8) is 0 Å². The van der Waals surface area contributed by atoms with Crippen molar-refractivity contribution >= 4 is 16.7 Å². The molecular formula is C19H21N5O2. The summed E-state index contributed by atoms with van der Waals surface area (Å²) in [6, 6.07) is 7.86. The van der Waals surface area contributed by atoms with E-state index in [-0.39, 0.29) is 18.1 Å². The normalized spacial score (nSPS) is 20.5. The van der Waals surface area contributed by atoms with E-state index >= 15 is 0 Å². The molecule has 0 N–H and O–H groups in total. The van der Waals surface area contributed by atoms with Crippen molar-refractivity contribution in [2.75, 3.05) is 13.1 Å². The van der Waals surface area contributed by atoms with Gasteiger partial charge in [-0.3, -0.25) is 9.78 Å². The molecule has 1 aliphatic rings. The number of hydrogen-bond acceptors (Lipinski definition) is 5. The standard InChI is InChI=1S/C19H21N5O2/c1-12-10-23(11-13(2)26-12)19(25)18-14(3)24(22-21-18)17-6-4-5-15-9-20-8-7-16(15)17/h4-9,12-13H,10-11H2,1-3H3. The highest BCUT2D eigenvalue weighted by Crippen LogP contribution is 2.23. The lowest BCUT2D eigenvalue weighted by Crippen LogP contribution is -2.48. The van der Waals surface area contributed by atoms with E-state index in [1.165, 1.54) is 0 Å². The molecule has 2 unspecified atom stereocenters. The molecule has 1 saturated heterocycles. The molecule has 2 aromatic heterocycles. The molecule has 1 aliphatic heterocycles. The molecule has 134 valence electrons.